The number of H-pyrrole nitrogens is 1. The summed E-state index contributed by atoms with van der Waals surface area (Å²) in [6.07, 6.45) is 0. The normalized spacial score (nSPS) is 11.9. The summed E-state index contributed by atoms with van der Waals surface area (Å²) in [6, 6.07) is 7.00. The van der Waals surface area contributed by atoms with E-state index in [1.807, 2.05) is 0 Å². The molecule has 6 nitrogen and oxygen atoms in total. The van der Waals surface area contributed by atoms with Crippen LogP contribution in [0.5, 0.6) is 0 Å². The standard InChI is InChI=1S/C12H15N2O4P/c1-3-17-19(16,18-4-2)12-11(15)13-9-7-5-6-8-10(9)14-12/h5-8H,3-4H2,1-2H3,(H,13,15). The Bertz CT molecular complexity index is 673. The zero-order chi connectivity index (χ0) is 13.9. The fourth-order valence-electron chi connectivity index (χ4n) is 1.70. The molecule has 0 atom stereocenters. The van der Waals surface area contributed by atoms with Gasteiger partial charge in [-0.05, 0) is 26.0 Å². The molecule has 0 unspecified atom stereocenters. The predicted octanol–water partition coefficient (Wildman–Crippen LogP) is 1.81. The van der Waals surface area contributed by atoms with Gasteiger partial charge in [-0.3, -0.25) is 9.36 Å². The first-order valence-corrected chi connectivity index (χ1v) is 7.53. The zero-order valence-corrected chi connectivity index (χ0v) is 11.6. The highest BCUT2D eigenvalue weighted by Crippen LogP contribution is 2.45. The van der Waals surface area contributed by atoms with E-state index in [-0.39, 0.29) is 18.6 Å². The molecule has 0 saturated carbocycles. The van der Waals surface area contributed by atoms with Crippen LogP contribution in [0.2, 0.25) is 0 Å². The molecule has 0 aliphatic carbocycles. The number of hydrogen-bond acceptors (Lipinski definition) is 5. The van der Waals surface area contributed by atoms with Crippen molar-refractivity contribution >= 4 is 24.1 Å². The number of para-hydroxylation sites is 2. The average Bonchev–Trinajstić information content (AvgIpc) is 2.38. The van der Waals surface area contributed by atoms with E-state index in [4.69, 9.17) is 9.05 Å². The molecule has 1 N–H and O–H groups in total. The van der Waals surface area contributed by atoms with E-state index in [0.29, 0.717) is 11.0 Å². The van der Waals surface area contributed by atoms with Crippen LogP contribution in [0.4, 0.5) is 0 Å². The molecule has 2 aromatic rings. The highest BCUT2D eigenvalue weighted by atomic mass is 31.2. The Morgan fingerprint density at radius 1 is 1.21 bits per heavy atom. The minimum Gasteiger partial charge on any atom is -0.318 e. The van der Waals surface area contributed by atoms with Crippen molar-refractivity contribution in [2.24, 2.45) is 0 Å². The van der Waals surface area contributed by atoms with Crippen molar-refractivity contribution in [3.63, 3.8) is 0 Å². The molecule has 0 radical (unpaired) electrons. The lowest BCUT2D eigenvalue weighted by molar-refractivity contribution is 0.229. The lowest BCUT2D eigenvalue weighted by Gasteiger charge is -2.15. The molecule has 0 spiro atoms. The molecule has 1 aromatic carbocycles. The number of hydrogen-bond donors (Lipinski definition) is 1. The summed E-state index contributed by atoms with van der Waals surface area (Å²) in [5.41, 5.74) is 0.367. The number of benzene rings is 1. The lowest BCUT2D eigenvalue weighted by atomic mass is 10.3. The van der Waals surface area contributed by atoms with Crippen LogP contribution in [0.15, 0.2) is 29.1 Å². The minimum atomic E-state index is -3.67. The molecule has 0 saturated heterocycles. The maximum Gasteiger partial charge on any atom is 0.385 e. The molecule has 7 heteroatoms. The summed E-state index contributed by atoms with van der Waals surface area (Å²) in [5, 5.41) is 0. The molecular formula is C12H15N2O4P. The van der Waals surface area contributed by atoms with Gasteiger partial charge in [0.1, 0.15) is 0 Å². The number of aromatic amines is 1. The van der Waals surface area contributed by atoms with Crippen LogP contribution in [0.1, 0.15) is 13.8 Å². The van der Waals surface area contributed by atoms with Gasteiger partial charge in [-0.15, -0.1) is 0 Å². The van der Waals surface area contributed by atoms with E-state index in [1.54, 1.807) is 38.1 Å². The van der Waals surface area contributed by atoms with Gasteiger partial charge in [0.2, 0.25) is 5.44 Å². The second kappa shape index (κ2) is 5.65. The first-order chi connectivity index (χ1) is 9.10. The minimum absolute atomic E-state index is 0.172. The number of aromatic nitrogens is 2. The van der Waals surface area contributed by atoms with Gasteiger partial charge in [-0.25, -0.2) is 4.98 Å². The first-order valence-electron chi connectivity index (χ1n) is 5.99. The molecule has 2 rings (SSSR count). The topological polar surface area (TPSA) is 81.3 Å². The smallest absolute Gasteiger partial charge is 0.318 e. The summed E-state index contributed by atoms with van der Waals surface area (Å²) in [6.45, 7) is 3.71. The Morgan fingerprint density at radius 3 is 2.47 bits per heavy atom. The maximum absolute atomic E-state index is 12.6. The first kappa shape index (κ1) is 13.9. The second-order valence-corrected chi connectivity index (χ2v) is 5.67. The van der Waals surface area contributed by atoms with Gasteiger partial charge in [0, 0.05) is 0 Å². The average molecular weight is 282 g/mol. The number of nitrogens with one attached hydrogen (secondary N) is 1. The third-order valence-electron chi connectivity index (χ3n) is 2.44. The van der Waals surface area contributed by atoms with Crippen LogP contribution in [0.25, 0.3) is 11.0 Å². The van der Waals surface area contributed by atoms with E-state index in [9.17, 15) is 9.36 Å². The molecule has 0 aliphatic rings. The molecule has 0 amide bonds. The van der Waals surface area contributed by atoms with Crippen molar-refractivity contribution < 1.29 is 13.6 Å². The molecule has 1 aromatic heterocycles. The van der Waals surface area contributed by atoms with Crippen molar-refractivity contribution in [2.45, 2.75) is 13.8 Å². The van der Waals surface area contributed by atoms with Gasteiger partial charge in [-0.2, -0.15) is 0 Å². The number of fused-ring (bicyclic) bond motifs is 1. The Morgan fingerprint density at radius 2 is 1.84 bits per heavy atom. The quantitative estimate of drug-likeness (QED) is 0.846. The van der Waals surface area contributed by atoms with Crippen LogP contribution in [0, 0.1) is 0 Å². The van der Waals surface area contributed by atoms with Gasteiger partial charge >= 0.3 is 7.60 Å². The summed E-state index contributed by atoms with van der Waals surface area (Å²) >= 11 is 0. The SMILES string of the molecule is CCOP(=O)(OCC)c1nc2ccccc2[nH]c1=O. The van der Waals surface area contributed by atoms with Gasteiger partial charge in [0.25, 0.3) is 5.56 Å². The maximum atomic E-state index is 12.6. The van der Waals surface area contributed by atoms with E-state index >= 15 is 0 Å². The molecule has 1 heterocycles. The van der Waals surface area contributed by atoms with Crippen molar-refractivity contribution in [1.82, 2.24) is 9.97 Å². The van der Waals surface area contributed by atoms with Crippen LogP contribution in [-0.2, 0) is 13.6 Å². The Labute approximate surface area is 110 Å². The molecule has 0 aliphatic heterocycles. The van der Waals surface area contributed by atoms with Gasteiger partial charge in [0.15, 0.2) is 0 Å². The van der Waals surface area contributed by atoms with Crippen LogP contribution in [0.3, 0.4) is 0 Å². The summed E-state index contributed by atoms with van der Waals surface area (Å²) < 4.78 is 22.8. The van der Waals surface area contributed by atoms with Gasteiger partial charge < -0.3 is 14.0 Å². The molecule has 102 valence electrons. The summed E-state index contributed by atoms with van der Waals surface area (Å²) in [7, 11) is -3.67. The number of rotatable bonds is 5. The molecule has 0 fully saturated rings. The van der Waals surface area contributed by atoms with E-state index in [0.717, 1.165) is 0 Å². The second-order valence-electron chi connectivity index (χ2n) is 3.74. The fourth-order valence-corrected chi connectivity index (χ4v) is 3.24. The van der Waals surface area contributed by atoms with Crippen molar-refractivity contribution in [3.8, 4) is 0 Å². The largest absolute Gasteiger partial charge is 0.385 e. The fraction of sp³-hybridized carbons (Fsp3) is 0.333. The third-order valence-corrected chi connectivity index (χ3v) is 4.46. The zero-order valence-electron chi connectivity index (χ0n) is 10.8. The van der Waals surface area contributed by atoms with Crippen LogP contribution < -0.4 is 11.0 Å². The van der Waals surface area contributed by atoms with Gasteiger partial charge in [-0.1, -0.05) is 12.1 Å². The van der Waals surface area contributed by atoms with Crippen molar-refractivity contribution in [3.05, 3.63) is 34.6 Å². The Hall–Kier alpha value is -1.49. The predicted molar refractivity (Wildman–Crippen MR) is 72.9 cm³/mol. The third kappa shape index (κ3) is 2.76. The highest BCUT2D eigenvalue weighted by molar-refractivity contribution is 7.61. The molecular weight excluding hydrogens is 267 g/mol. The highest BCUT2D eigenvalue weighted by Gasteiger charge is 2.32. The number of nitrogens with zero attached hydrogens (tertiary/aromatic N) is 1. The van der Waals surface area contributed by atoms with Crippen LogP contribution in [-0.4, -0.2) is 23.2 Å². The molecule has 0 bridgehead atoms. The summed E-state index contributed by atoms with van der Waals surface area (Å²) in [5.74, 6) is 0. The van der Waals surface area contributed by atoms with E-state index in [1.165, 1.54) is 0 Å². The molecule has 19 heavy (non-hydrogen) atoms. The van der Waals surface area contributed by atoms with Crippen molar-refractivity contribution in [1.29, 1.82) is 0 Å². The van der Waals surface area contributed by atoms with E-state index < -0.39 is 13.2 Å². The Kier molecular flexibility index (Phi) is 4.14. The Balaban J connectivity index is 2.63. The monoisotopic (exact) mass is 282 g/mol. The van der Waals surface area contributed by atoms with E-state index in [2.05, 4.69) is 9.97 Å². The van der Waals surface area contributed by atoms with Gasteiger partial charge in [0.05, 0.1) is 24.2 Å². The van der Waals surface area contributed by atoms with Crippen molar-refractivity contribution in [2.75, 3.05) is 13.2 Å². The lowest BCUT2D eigenvalue weighted by Crippen LogP contribution is -2.32. The summed E-state index contributed by atoms with van der Waals surface area (Å²) in [4.78, 5) is 18.7. The van der Waals surface area contributed by atoms with Crippen LogP contribution >= 0.6 is 7.60 Å².